The molecule has 6 heteroatoms. The van der Waals surface area contributed by atoms with Crippen LogP contribution in [0.5, 0.6) is 11.5 Å². The van der Waals surface area contributed by atoms with Gasteiger partial charge in [-0.3, -0.25) is 9.59 Å². The van der Waals surface area contributed by atoms with E-state index in [1.54, 1.807) is 24.3 Å². The van der Waals surface area contributed by atoms with Crippen LogP contribution in [0, 0.1) is 6.92 Å². The summed E-state index contributed by atoms with van der Waals surface area (Å²) in [5.41, 5.74) is 2.77. The maximum Gasteiger partial charge on any atom is 0.263 e. The first kappa shape index (κ1) is 21.5. The SMILES string of the molecule is COc1cccc(OC)c1C(=O)Nc1cccc(SCC(=O)c2ccc(C)cc2)c1. The first-order valence-corrected chi connectivity index (χ1v) is 10.4. The second kappa shape index (κ2) is 9.98. The minimum absolute atomic E-state index is 0.0631. The van der Waals surface area contributed by atoms with Crippen molar-refractivity contribution >= 4 is 29.1 Å². The lowest BCUT2D eigenvalue weighted by molar-refractivity contribution is 0.101. The summed E-state index contributed by atoms with van der Waals surface area (Å²) >= 11 is 1.43. The molecular formula is C24H23NO4S. The van der Waals surface area contributed by atoms with E-state index in [4.69, 9.17) is 9.47 Å². The van der Waals surface area contributed by atoms with Crippen molar-refractivity contribution in [1.82, 2.24) is 0 Å². The van der Waals surface area contributed by atoms with Gasteiger partial charge in [0.25, 0.3) is 5.91 Å². The van der Waals surface area contributed by atoms with Crippen LogP contribution < -0.4 is 14.8 Å². The minimum Gasteiger partial charge on any atom is -0.496 e. The molecule has 0 aromatic heterocycles. The van der Waals surface area contributed by atoms with Crippen LogP contribution in [-0.2, 0) is 0 Å². The third-order valence-electron chi connectivity index (χ3n) is 4.49. The minimum atomic E-state index is -0.331. The molecule has 0 heterocycles. The van der Waals surface area contributed by atoms with E-state index in [1.165, 1.54) is 26.0 Å². The molecule has 3 aromatic carbocycles. The number of benzene rings is 3. The third-order valence-corrected chi connectivity index (χ3v) is 5.48. The normalized spacial score (nSPS) is 10.4. The second-order valence-corrected chi connectivity index (χ2v) is 7.65. The van der Waals surface area contributed by atoms with Crippen LogP contribution in [0.1, 0.15) is 26.3 Å². The monoisotopic (exact) mass is 421 g/mol. The summed E-state index contributed by atoms with van der Waals surface area (Å²) in [5, 5.41) is 2.88. The van der Waals surface area contributed by atoms with Crippen LogP contribution in [-0.4, -0.2) is 31.7 Å². The van der Waals surface area contributed by atoms with Crippen molar-refractivity contribution in [3.05, 3.63) is 83.4 Å². The van der Waals surface area contributed by atoms with Gasteiger partial charge in [0.05, 0.1) is 20.0 Å². The molecule has 0 saturated carbocycles. The highest BCUT2D eigenvalue weighted by Gasteiger charge is 2.18. The van der Waals surface area contributed by atoms with E-state index in [9.17, 15) is 9.59 Å². The van der Waals surface area contributed by atoms with Gasteiger partial charge in [-0.05, 0) is 37.3 Å². The van der Waals surface area contributed by atoms with Gasteiger partial charge < -0.3 is 14.8 Å². The highest BCUT2D eigenvalue weighted by Crippen LogP contribution is 2.30. The number of hydrogen-bond donors (Lipinski definition) is 1. The molecule has 3 aromatic rings. The predicted octanol–water partition coefficient (Wildman–Crippen LogP) is 5.24. The van der Waals surface area contributed by atoms with E-state index < -0.39 is 0 Å². The lowest BCUT2D eigenvalue weighted by atomic mass is 10.1. The quantitative estimate of drug-likeness (QED) is 0.398. The zero-order chi connectivity index (χ0) is 21.5. The topological polar surface area (TPSA) is 64.6 Å². The Bertz CT molecular complexity index is 1030. The summed E-state index contributed by atoms with van der Waals surface area (Å²) in [7, 11) is 3.02. The smallest absolute Gasteiger partial charge is 0.263 e. The van der Waals surface area contributed by atoms with Crippen LogP contribution in [0.15, 0.2) is 71.6 Å². The molecule has 0 spiro atoms. The number of carbonyl (C=O) groups excluding carboxylic acids is 2. The molecule has 154 valence electrons. The van der Waals surface area contributed by atoms with Crippen LogP contribution >= 0.6 is 11.8 Å². The number of ketones is 1. The average Bonchev–Trinajstić information content (AvgIpc) is 2.77. The van der Waals surface area contributed by atoms with Crippen LogP contribution in [0.3, 0.4) is 0 Å². The summed E-state index contributed by atoms with van der Waals surface area (Å²) in [4.78, 5) is 26.1. The number of rotatable bonds is 8. The number of thioether (sulfide) groups is 1. The Morgan fingerprint density at radius 2 is 1.53 bits per heavy atom. The summed E-state index contributed by atoms with van der Waals surface area (Å²) in [6.45, 7) is 1.99. The summed E-state index contributed by atoms with van der Waals surface area (Å²) in [6.07, 6.45) is 0. The number of methoxy groups -OCH3 is 2. The highest BCUT2D eigenvalue weighted by molar-refractivity contribution is 8.00. The van der Waals surface area contributed by atoms with Crippen molar-refractivity contribution in [2.75, 3.05) is 25.3 Å². The predicted molar refractivity (Wildman–Crippen MR) is 120 cm³/mol. The van der Waals surface area contributed by atoms with E-state index >= 15 is 0 Å². The molecule has 30 heavy (non-hydrogen) atoms. The molecule has 3 rings (SSSR count). The number of Topliss-reactive ketones (excluding diaryl/α,β-unsaturated/α-hetero) is 1. The maximum absolute atomic E-state index is 12.8. The van der Waals surface area contributed by atoms with Gasteiger partial charge in [-0.1, -0.05) is 42.0 Å². The van der Waals surface area contributed by atoms with Gasteiger partial charge in [0.2, 0.25) is 0 Å². The molecule has 1 amide bonds. The number of ether oxygens (including phenoxy) is 2. The summed E-state index contributed by atoms with van der Waals surface area (Å²) in [6, 6.07) is 20.1. The molecule has 0 radical (unpaired) electrons. The zero-order valence-corrected chi connectivity index (χ0v) is 17.9. The van der Waals surface area contributed by atoms with Crippen LogP contribution in [0.4, 0.5) is 5.69 Å². The molecule has 0 bridgehead atoms. The number of aryl methyl sites for hydroxylation is 1. The Kier molecular flexibility index (Phi) is 7.14. The zero-order valence-electron chi connectivity index (χ0n) is 17.1. The van der Waals surface area contributed by atoms with E-state index in [-0.39, 0.29) is 11.7 Å². The molecule has 0 aliphatic rings. The number of nitrogens with one attached hydrogen (secondary N) is 1. The Labute approximate surface area is 180 Å². The van der Waals surface area contributed by atoms with Crippen molar-refractivity contribution in [1.29, 1.82) is 0 Å². The van der Waals surface area contributed by atoms with Gasteiger partial charge in [0.1, 0.15) is 17.1 Å². The molecule has 0 saturated heterocycles. The van der Waals surface area contributed by atoms with Gasteiger partial charge in [-0.15, -0.1) is 11.8 Å². The molecule has 0 fully saturated rings. The molecule has 1 N–H and O–H groups in total. The summed E-state index contributed by atoms with van der Waals surface area (Å²) < 4.78 is 10.6. The highest BCUT2D eigenvalue weighted by atomic mass is 32.2. The Morgan fingerprint density at radius 3 is 2.17 bits per heavy atom. The lowest BCUT2D eigenvalue weighted by Gasteiger charge is -2.13. The van der Waals surface area contributed by atoms with E-state index in [0.29, 0.717) is 34.1 Å². The molecule has 0 unspecified atom stereocenters. The second-order valence-electron chi connectivity index (χ2n) is 6.60. The van der Waals surface area contributed by atoms with E-state index in [1.807, 2.05) is 49.4 Å². The fraction of sp³-hybridized carbons (Fsp3) is 0.167. The van der Waals surface area contributed by atoms with Gasteiger partial charge in [0.15, 0.2) is 5.78 Å². The standard InChI is InChI=1S/C24H23NO4S/c1-16-10-12-17(13-11-16)20(26)15-30-19-7-4-6-18(14-19)25-24(27)23-21(28-2)8-5-9-22(23)29-3/h4-14H,15H2,1-3H3,(H,25,27). The molecule has 0 aliphatic heterocycles. The van der Waals surface area contributed by atoms with Gasteiger partial charge in [0, 0.05) is 16.1 Å². The number of carbonyl (C=O) groups is 2. The molecule has 0 aliphatic carbocycles. The fourth-order valence-corrected chi connectivity index (χ4v) is 3.75. The molecular weight excluding hydrogens is 398 g/mol. The summed E-state index contributed by atoms with van der Waals surface area (Å²) in [5.74, 6) is 0.915. The Morgan fingerprint density at radius 1 is 0.900 bits per heavy atom. The maximum atomic E-state index is 12.8. The third kappa shape index (κ3) is 5.21. The van der Waals surface area contributed by atoms with Crippen molar-refractivity contribution in [2.24, 2.45) is 0 Å². The Hall–Kier alpha value is -3.25. The van der Waals surface area contributed by atoms with E-state index in [2.05, 4.69) is 5.32 Å². The number of hydrogen-bond acceptors (Lipinski definition) is 5. The van der Waals surface area contributed by atoms with Gasteiger partial charge in [-0.25, -0.2) is 0 Å². The molecule has 5 nitrogen and oxygen atoms in total. The van der Waals surface area contributed by atoms with Crippen molar-refractivity contribution in [2.45, 2.75) is 11.8 Å². The largest absolute Gasteiger partial charge is 0.496 e. The fourth-order valence-electron chi connectivity index (χ4n) is 2.90. The van der Waals surface area contributed by atoms with E-state index in [0.717, 1.165) is 10.5 Å². The Balaban J connectivity index is 1.69. The lowest BCUT2D eigenvalue weighted by Crippen LogP contribution is -2.14. The van der Waals surface area contributed by atoms with Crippen molar-refractivity contribution in [3.8, 4) is 11.5 Å². The number of anilines is 1. The number of amides is 1. The van der Waals surface area contributed by atoms with Crippen LogP contribution in [0.25, 0.3) is 0 Å². The average molecular weight is 422 g/mol. The van der Waals surface area contributed by atoms with Gasteiger partial charge >= 0.3 is 0 Å². The van der Waals surface area contributed by atoms with Crippen molar-refractivity contribution in [3.63, 3.8) is 0 Å². The van der Waals surface area contributed by atoms with Gasteiger partial charge in [-0.2, -0.15) is 0 Å². The van der Waals surface area contributed by atoms with Crippen molar-refractivity contribution < 1.29 is 19.1 Å². The van der Waals surface area contributed by atoms with Crippen LogP contribution in [0.2, 0.25) is 0 Å². The molecule has 0 atom stereocenters. The first-order chi connectivity index (χ1) is 14.5. The first-order valence-electron chi connectivity index (χ1n) is 9.37.